The van der Waals surface area contributed by atoms with Crippen LogP contribution >= 0.6 is 0 Å². The van der Waals surface area contributed by atoms with E-state index in [0.717, 1.165) is 11.1 Å². The number of fused-ring (bicyclic) bond motifs is 1. The molecule has 0 aliphatic carbocycles. The molecule has 0 spiro atoms. The number of carbonyl (C=O) groups excluding carboxylic acids is 1. The van der Waals surface area contributed by atoms with Gasteiger partial charge in [-0.2, -0.15) is 0 Å². The number of aromatic nitrogens is 3. The SMILES string of the molecule is Cc1[nH]cc(C(=O)Nc2ccc(Oc3ccnc4cc(C(C)C)cnc34)cc2)c(=O)c1-c1ccc(F)cc1. The molecular formula is C30H25FN4O3. The minimum atomic E-state index is -0.562. The fraction of sp³-hybridized carbons (Fsp3) is 0.133. The molecule has 0 bridgehead atoms. The summed E-state index contributed by atoms with van der Waals surface area (Å²) >= 11 is 0. The first-order valence-electron chi connectivity index (χ1n) is 12.1. The minimum Gasteiger partial charge on any atom is -0.455 e. The lowest BCUT2D eigenvalue weighted by Crippen LogP contribution is -2.23. The van der Waals surface area contributed by atoms with Crippen LogP contribution in [0.25, 0.3) is 22.2 Å². The molecule has 0 fully saturated rings. The number of nitrogens with zero attached hydrogens (tertiary/aromatic N) is 2. The van der Waals surface area contributed by atoms with Gasteiger partial charge in [-0.25, -0.2) is 4.39 Å². The number of H-pyrrole nitrogens is 1. The van der Waals surface area contributed by atoms with Crippen LogP contribution in [0.1, 0.15) is 41.4 Å². The maximum Gasteiger partial charge on any atom is 0.261 e. The molecule has 0 aliphatic rings. The number of hydrogen-bond donors (Lipinski definition) is 2. The Morgan fingerprint density at radius 1 is 1.03 bits per heavy atom. The van der Waals surface area contributed by atoms with Crippen molar-refractivity contribution in [3.63, 3.8) is 0 Å². The highest BCUT2D eigenvalue weighted by atomic mass is 19.1. The number of rotatable bonds is 6. The van der Waals surface area contributed by atoms with E-state index in [4.69, 9.17) is 4.74 Å². The molecule has 7 nitrogen and oxygen atoms in total. The lowest BCUT2D eigenvalue weighted by atomic mass is 10.0. The maximum atomic E-state index is 13.3. The number of ether oxygens (including phenoxy) is 1. The Balaban J connectivity index is 1.34. The van der Waals surface area contributed by atoms with E-state index in [0.29, 0.717) is 45.4 Å². The van der Waals surface area contributed by atoms with Crippen molar-refractivity contribution in [2.45, 2.75) is 26.7 Å². The zero-order chi connectivity index (χ0) is 26.8. The average molecular weight is 509 g/mol. The van der Waals surface area contributed by atoms with E-state index in [1.165, 1.54) is 30.5 Å². The summed E-state index contributed by atoms with van der Waals surface area (Å²) in [6.45, 7) is 5.93. The van der Waals surface area contributed by atoms with Gasteiger partial charge in [0.1, 0.15) is 22.6 Å². The molecule has 8 heteroatoms. The summed E-state index contributed by atoms with van der Waals surface area (Å²) in [5.41, 5.74) is 3.93. The molecule has 3 aromatic heterocycles. The van der Waals surface area contributed by atoms with Gasteiger partial charge in [0.2, 0.25) is 5.43 Å². The quantitative estimate of drug-likeness (QED) is 0.269. The second-order valence-electron chi connectivity index (χ2n) is 9.22. The van der Waals surface area contributed by atoms with Gasteiger partial charge < -0.3 is 15.0 Å². The van der Waals surface area contributed by atoms with Crippen molar-refractivity contribution in [1.82, 2.24) is 15.0 Å². The van der Waals surface area contributed by atoms with E-state index >= 15 is 0 Å². The Bertz CT molecular complexity index is 1690. The second kappa shape index (κ2) is 10.3. The van der Waals surface area contributed by atoms with Crippen LogP contribution in [0.5, 0.6) is 11.5 Å². The Morgan fingerprint density at radius 3 is 2.47 bits per heavy atom. The van der Waals surface area contributed by atoms with Crippen molar-refractivity contribution >= 4 is 22.6 Å². The van der Waals surface area contributed by atoms with Crippen LogP contribution < -0.4 is 15.5 Å². The summed E-state index contributed by atoms with van der Waals surface area (Å²) in [6, 6.07) is 16.1. The fourth-order valence-corrected chi connectivity index (χ4v) is 4.11. The Hall–Kier alpha value is -4.85. The number of nitrogens with one attached hydrogen (secondary N) is 2. The number of halogens is 1. The first-order valence-corrected chi connectivity index (χ1v) is 12.1. The molecule has 0 unspecified atom stereocenters. The van der Waals surface area contributed by atoms with Gasteiger partial charge in [0.05, 0.1) is 5.52 Å². The van der Waals surface area contributed by atoms with Gasteiger partial charge in [0.25, 0.3) is 5.91 Å². The van der Waals surface area contributed by atoms with Crippen molar-refractivity contribution in [2.24, 2.45) is 0 Å². The van der Waals surface area contributed by atoms with E-state index in [9.17, 15) is 14.0 Å². The molecule has 5 rings (SSSR count). The maximum absolute atomic E-state index is 13.3. The van der Waals surface area contributed by atoms with Gasteiger partial charge in [-0.05, 0) is 66.4 Å². The van der Waals surface area contributed by atoms with Gasteiger partial charge in [-0.1, -0.05) is 26.0 Å². The largest absolute Gasteiger partial charge is 0.455 e. The number of aryl methyl sites for hydroxylation is 1. The molecule has 0 radical (unpaired) electrons. The van der Waals surface area contributed by atoms with Crippen molar-refractivity contribution < 1.29 is 13.9 Å². The molecule has 0 atom stereocenters. The Labute approximate surface area is 218 Å². The summed E-state index contributed by atoms with van der Waals surface area (Å²) in [7, 11) is 0. The normalized spacial score (nSPS) is 11.1. The van der Waals surface area contributed by atoms with E-state index < -0.39 is 17.2 Å². The smallest absolute Gasteiger partial charge is 0.261 e. The van der Waals surface area contributed by atoms with E-state index in [2.05, 4.69) is 34.1 Å². The van der Waals surface area contributed by atoms with E-state index in [-0.39, 0.29) is 5.56 Å². The van der Waals surface area contributed by atoms with Gasteiger partial charge in [-0.15, -0.1) is 0 Å². The minimum absolute atomic E-state index is 0.0506. The number of aromatic amines is 1. The van der Waals surface area contributed by atoms with E-state index in [1.54, 1.807) is 43.5 Å². The van der Waals surface area contributed by atoms with Gasteiger partial charge in [0, 0.05) is 41.6 Å². The number of amides is 1. The molecule has 1 amide bonds. The monoisotopic (exact) mass is 508 g/mol. The first kappa shape index (κ1) is 24.8. The first-order chi connectivity index (χ1) is 18.3. The van der Waals surface area contributed by atoms with Crippen molar-refractivity contribution in [3.05, 3.63) is 112 Å². The summed E-state index contributed by atoms with van der Waals surface area (Å²) < 4.78 is 19.4. The zero-order valence-corrected chi connectivity index (χ0v) is 21.1. The predicted octanol–water partition coefficient (Wildman–Crippen LogP) is 6.60. The number of anilines is 1. The zero-order valence-electron chi connectivity index (χ0n) is 21.1. The molecule has 2 aromatic carbocycles. The molecule has 190 valence electrons. The fourth-order valence-electron chi connectivity index (χ4n) is 4.11. The highest BCUT2D eigenvalue weighted by molar-refractivity contribution is 6.04. The standard InChI is InChI=1S/C30H25FN4O3/c1-17(2)20-14-25-28(34-15-20)26(12-13-32-25)38-23-10-8-22(9-11-23)35-30(37)24-16-33-18(3)27(29(24)36)19-4-6-21(31)7-5-19/h4-17H,1-3H3,(H,33,36)(H,35,37). The number of pyridine rings is 3. The molecule has 5 aromatic rings. The average Bonchev–Trinajstić information content (AvgIpc) is 2.90. The van der Waals surface area contributed by atoms with Crippen LogP contribution in [0.2, 0.25) is 0 Å². The van der Waals surface area contributed by atoms with Crippen molar-refractivity contribution in [3.8, 4) is 22.6 Å². The van der Waals surface area contributed by atoms with Gasteiger partial charge >= 0.3 is 0 Å². The predicted molar refractivity (Wildman–Crippen MR) is 145 cm³/mol. The van der Waals surface area contributed by atoms with Crippen molar-refractivity contribution in [2.75, 3.05) is 5.32 Å². The Morgan fingerprint density at radius 2 is 1.76 bits per heavy atom. The third kappa shape index (κ3) is 5.01. The van der Waals surface area contributed by atoms with Crippen LogP contribution in [0.15, 0.2) is 84.0 Å². The highest BCUT2D eigenvalue weighted by Gasteiger charge is 2.17. The molecule has 0 saturated heterocycles. The van der Waals surface area contributed by atoms with Gasteiger partial charge in [-0.3, -0.25) is 19.6 Å². The van der Waals surface area contributed by atoms with Crippen LogP contribution in [0, 0.1) is 12.7 Å². The van der Waals surface area contributed by atoms with Crippen LogP contribution in [0.4, 0.5) is 10.1 Å². The summed E-state index contributed by atoms with van der Waals surface area (Å²) in [5.74, 6) is 0.496. The molecular weight excluding hydrogens is 483 g/mol. The number of hydrogen-bond acceptors (Lipinski definition) is 5. The van der Waals surface area contributed by atoms with Crippen LogP contribution in [0.3, 0.4) is 0 Å². The molecule has 0 saturated carbocycles. The lowest BCUT2D eigenvalue weighted by Gasteiger charge is -2.11. The lowest BCUT2D eigenvalue weighted by molar-refractivity contribution is 0.102. The topological polar surface area (TPSA) is 97.0 Å². The molecule has 0 aliphatic heterocycles. The third-order valence-corrected chi connectivity index (χ3v) is 6.23. The molecule has 3 heterocycles. The Kier molecular flexibility index (Phi) is 6.70. The van der Waals surface area contributed by atoms with Crippen LogP contribution in [-0.4, -0.2) is 20.9 Å². The number of carbonyl (C=O) groups is 1. The number of benzene rings is 2. The van der Waals surface area contributed by atoms with Crippen molar-refractivity contribution in [1.29, 1.82) is 0 Å². The summed E-state index contributed by atoms with van der Waals surface area (Å²) in [5, 5.41) is 2.75. The second-order valence-corrected chi connectivity index (χ2v) is 9.22. The van der Waals surface area contributed by atoms with E-state index in [1.807, 2.05) is 12.3 Å². The summed E-state index contributed by atoms with van der Waals surface area (Å²) in [4.78, 5) is 38.0. The van der Waals surface area contributed by atoms with Gasteiger partial charge in [0.15, 0.2) is 5.75 Å². The third-order valence-electron chi connectivity index (χ3n) is 6.23. The molecule has 2 N–H and O–H groups in total. The highest BCUT2D eigenvalue weighted by Crippen LogP contribution is 2.29. The van der Waals surface area contributed by atoms with Crippen LogP contribution in [-0.2, 0) is 0 Å². The summed E-state index contributed by atoms with van der Waals surface area (Å²) in [6.07, 6.45) is 4.88. The molecule has 38 heavy (non-hydrogen) atoms.